The van der Waals surface area contributed by atoms with E-state index < -0.39 is 57.6 Å². The Bertz CT molecular complexity index is 1360. The molecule has 0 aromatic heterocycles. The number of carbonyl (C=O) groups is 3. The van der Waals surface area contributed by atoms with Crippen LogP contribution in [0.15, 0.2) is 60.8 Å². The number of rotatable bonds is 50. The van der Waals surface area contributed by atoms with Crippen LogP contribution < -0.4 is 5.32 Å². The molecule has 11 nitrogen and oxygen atoms in total. The van der Waals surface area contributed by atoms with Crippen molar-refractivity contribution in [2.24, 2.45) is 0 Å². The first kappa shape index (κ1) is 64.2. The van der Waals surface area contributed by atoms with Gasteiger partial charge in [0.25, 0.3) is 0 Å². The summed E-state index contributed by atoms with van der Waals surface area (Å²) in [5.74, 6) is -2.41. The summed E-state index contributed by atoms with van der Waals surface area (Å²) in [5.41, 5.74) is 0. The predicted octanol–water partition coefficient (Wildman–Crippen LogP) is 15.1. The second-order valence-corrected chi connectivity index (χ2v) is 19.5. The molecule has 388 valence electrons. The monoisotopic (exact) mass is 964 g/mol. The van der Waals surface area contributed by atoms with Crippen molar-refractivity contribution < 1.29 is 47.8 Å². The van der Waals surface area contributed by atoms with Crippen LogP contribution in [0, 0.1) is 0 Å². The molecular weight excluding hydrogens is 866 g/mol. The number of carboxylic acids is 1. The van der Waals surface area contributed by atoms with Crippen molar-refractivity contribution in [1.82, 2.24) is 5.32 Å². The SMILES string of the molecule is CC/C=C\C/C=C\C/C=C\C/C=C\C/C=C\CCCCCC(=O)NC(COP(=O)(O)OCC(O)COC(=O)CCCCCCCCCCCCCCCCCCCCCCCCCC)C(=O)O. The van der Waals surface area contributed by atoms with Crippen molar-refractivity contribution in [2.75, 3.05) is 19.8 Å². The Balaban J connectivity index is 3.82. The molecule has 0 spiro atoms. The van der Waals surface area contributed by atoms with Crippen LogP contribution in [-0.4, -0.2) is 64.9 Å². The quantitative estimate of drug-likeness (QED) is 0.0199. The van der Waals surface area contributed by atoms with Gasteiger partial charge in [-0.05, 0) is 57.8 Å². The van der Waals surface area contributed by atoms with Crippen LogP contribution in [0.1, 0.15) is 239 Å². The molecule has 0 aromatic carbocycles. The maximum absolute atomic E-state index is 12.3. The van der Waals surface area contributed by atoms with E-state index in [2.05, 4.69) is 79.9 Å². The standard InChI is InChI=1S/C55H98NO10P/c1-3-5-7-9-11-13-15-17-19-21-23-24-25-26-27-29-31-33-35-37-39-41-43-45-47-54(59)64-48-51(57)49-65-67(62,63)66-50-52(55(60)61)56-53(58)46-44-42-40-38-36-34-32-30-28-22-20-18-16-14-12-10-8-6-4-2/h6,8,12,14,18,20,28,30,34,36,51-52,57H,3-5,7,9-11,13,15-17,19,21-27,29,31-33,35,37-50H2,1-2H3,(H,56,58)(H,60,61)(H,62,63)/b8-6-,14-12-,20-18-,30-28-,36-34-. The summed E-state index contributed by atoms with van der Waals surface area (Å²) < 4.78 is 27.0. The van der Waals surface area contributed by atoms with Crippen molar-refractivity contribution >= 4 is 25.7 Å². The molecule has 0 saturated heterocycles. The number of allylic oxidation sites excluding steroid dienone is 10. The Morgan fingerprint density at radius 2 is 0.866 bits per heavy atom. The number of hydrogen-bond donors (Lipinski definition) is 4. The lowest BCUT2D eigenvalue weighted by molar-refractivity contribution is -0.147. The Morgan fingerprint density at radius 3 is 1.30 bits per heavy atom. The molecule has 1 amide bonds. The number of aliphatic carboxylic acids is 1. The van der Waals surface area contributed by atoms with Crippen molar-refractivity contribution in [3.8, 4) is 0 Å². The van der Waals surface area contributed by atoms with Gasteiger partial charge >= 0.3 is 19.8 Å². The van der Waals surface area contributed by atoms with Crippen LogP contribution in [0.25, 0.3) is 0 Å². The second kappa shape index (κ2) is 49.6. The van der Waals surface area contributed by atoms with Crippen LogP contribution in [0.4, 0.5) is 0 Å². The first-order valence-corrected chi connectivity index (χ1v) is 28.3. The first-order valence-electron chi connectivity index (χ1n) is 26.8. The van der Waals surface area contributed by atoms with Gasteiger partial charge in [0, 0.05) is 12.8 Å². The summed E-state index contributed by atoms with van der Waals surface area (Å²) in [6.45, 7) is 2.49. The summed E-state index contributed by atoms with van der Waals surface area (Å²) in [7, 11) is -4.77. The van der Waals surface area contributed by atoms with Gasteiger partial charge in [-0.2, -0.15) is 0 Å². The highest BCUT2D eigenvalue weighted by atomic mass is 31.2. The van der Waals surface area contributed by atoms with E-state index in [9.17, 15) is 34.1 Å². The molecule has 0 aliphatic rings. The number of ether oxygens (including phenoxy) is 1. The zero-order valence-corrected chi connectivity index (χ0v) is 43.3. The maximum atomic E-state index is 12.3. The molecule has 0 saturated carbocycles. The fourth-order valence-electron chi connectivity index (χ4n) is 7.46. The Morgan fingerprint density at radius 1 is 0.493 bits per heavy atom. The van der Waals surface area contributed by atoms with E-state index in [0.717, 1.165) is 70.6 Å². The van der Waals surface area contributed by atoms with Gasteiger partial charge in [-0.1, -0.05) is 229 Å². The molecule has 0 fully saturated rings. The van der Waals surface area contributed by atoms with E-state index in [-0.39, 0.29) is 12.8 Å². The molecule has 0 aromatic rings. The third kappa shape index (κ3) is 49.4. The molecule has 3 atom stereocenters. The zero-order chi connectivity index (χ0) is 49.2. The fraction of sp³-hybridized carbons (Fsp3) is 0.764. The van der Waals surface area contributed by atoms with Crippen molar-refractivity contribution in [1.29, 1.82) is 0 Å². The fourth-order valence-corrected chi connectivity index (χ4v) is 8.23. The van der Waals surface area contributed by atoms with E-state index in [1.165, 1.54) is 128 Å². The lowest BCUT2D eigenvalue weighted by Gasteiger charge is -2.18. The molecule has 67 heavy (non-hydrogen) atoms. The van der Waals surface area contributed by atoms with E-state index >= 15 is 0 Å². The first-order chi connectivity index (χ1) is 32.6. The molecular formula is C55H98NO10P. The number of phosphoric ester groups is 1. The van der Waals surface area contributed by atoms with Gasteiger partial charge in [0.2, 0.25) is 5.91 Å². The third-order valence-corrected chi connectivity index (χ3v) is 12.5. The van der Waals surface area contributed by atoms with Crippen molar-refractivity contribution in [2.45, 2.75) is 251 Å². The van der Waals surface area contributed by atoms with Gasteiger partial charge in [0.1, 0.15) is 12.7 Å². The lowest BCUT2D eigenvalue weighted by atomic mass is 10.0. The van der Waals surface area contributed by atoms with Crippen LogP contribution in [0.2, 0.25) is 0 Å². The molecule has 0 radical (unpaired) electrons. The Hall–Kier alpha value is -2.82. The summed E-state index contributed by atoms with van der Waals surface area (Å²) >= 11 is 0. The van der Waals surface area contributed by atoms with Gasteiger partial charge < -0.3 is 25.2 Å². The molecule has 0 aliphatic heterocycles. The second-order valence-electron chi connectivity index (χ2n) is 18.0. The smallest absolute Gasteiger partial charge is 0.472 e. The van der Waals surface area contributed by atoms with Crippen LogP contribution in [0.5, 0.6) is 0 Å². The van der Waals surface area contributed by atoms with E-state index in [1.807, 2.05) is 0 Å². The van der Waals surface area contributed by atoms with Crippen molar-refractivity contribution in [3.63, 3.8) is 0 Å². The van der Waals surface area contributed by atoms with Crippen LogP contribution in [0.3, 0.4) is 0 Å². The summed E-state index contributed by atoms with van der Waals surface area (Å²) in [4.78, 5) is 46.1. The summed E-state index contributed by atoms with van der Waals surface area (Å²) in [6.07, 6.45) is 59.7. The predicted molar refractivity (Wildman–Crippen MR) is 277 cm³/mol. The van der Waals surface area contributed by atoms with E-state index in [0.29, 0.717) is 12.8 Å². The van der Waals surface area contributed by atoms with Gasteiger partial charge in [0.15, 0.2) is 6.04 Å². The highest BCUT2D eigenvalue weighted by Crippen LogP contribution is 2.43. The number of amides is 1. The number of carboxylic acid groups (broad SMARTS) is 1. The number of aliphatic hydroxyl groups is 1. The zero-order valence-electron chi connectivity index (χ0n) is 42.4. The highest BCUT2D eigenvalue weighted by Gasteiger charge is 2.28. The van der Waals surface area contributed by atoms with Gasteiger partial charge in [-0.15, -0.1) is 0 Å². The van der Waals surface area contributed by atoms with E-state index in [1.54, 1.807) is 0 Å². The molecule has 0 heterocycles. The number of phosphoric acid groups is 1. The van der Waals surface area contributed by atoms with Crippen molar-refractivity contribution in [3.05, 3.63) is 60.8 Å². The number of aliphatic hydroxyl groups excluding tert-OH is 1. The molecule has 4 N–H and O–H groups in total. The molecule has 0 aliphatic carbocycles. The summed E-state index contributed by atoms with van der Waals surface area (Å²) in [6, 6.07) is -1.57. The molecule has 0 bridgehead atoms. The Kier molecular flexibility index (Phi) is 47.5. The average Bonchev–Trinajstić information content (AvgIpc) is 3.31. The van der Waals surface area contributed by atoms with Crippen LogP contribution >= 0.6 is 7.82 Å². The van der Waals surface area contributed by atoms with E-state index in [4.69, 9.17) is 13.8 Å². The molecule has 0 rings (SSSR count). The minimum absolute atomic E-state index is 0.104. The summed E-state index contributed by atoms with van der Waals surface area (Å²) in [5, 5.41) is 21.9. The van der Waals surface area contributed by atoms with Crippen LogP contribution in [-0.2, 0) is 32.7 Å². The maximum Gasteiger partial charge on any atom is 0.472 e. The largest absolute Gasteiger partial charge is 0.480 e. The number of carbonyl (C=O) groups excluding carboxylic acids is 2. The number of esters is 1. The number of unbranched alkanes of at least 4 members (excludes halogenated alkanes) is 26. The molecule has 3 unspecified atom stereocenters. The van der Waals surface area contributed by atoms with Gasteiger partial charge in [0.05, 0.1) is 13.2 Å². The topological polar surface area (TPSA) is 169 Å². The van der Waals surface area contributed by atoms with Gasteiger partial charge in [-0.3, -0.25) is 18.6 Å². The molecule has 12 heteroatoms. The third-order valence-electron chi connectivity index (χ3n) is 11.6. The number of nitrogens with one attached hydrogen (secondary N) is 1. The average molecular weight is 964 g/mol. The number of hydrogen-bond acceptors (Lipinski definition) is 8. The highest BCUT2D eigenvalue weighted by molar-refractivity contribution is 7.47. The van der Waals surface area contributed by atoms with Gasteiger partial charge in [-0.25, -0.2) is 9.36 Å². The minimum atomic E-state index is -4.77. The Labute approximate surface area is 408 Å². The lowest BCUT2D eigenvalue weighted by Crippen LogP contribution is -2.43. The normalized spacial score (nSPS) is 14.0. The minimum Gasteiger partial charge on any atom is -0.480 e.